The Morgan fingerprint density at radius 1 is 1.32 bits per heavy atom. The monoisotopic (exact) mass is 264 g/mol. The highest BCUT2D eigenvalue weighted by molar-refractivity contribution is 5.67. The van der Waals surface area contributed by atoms with Crippen LogP contribution in [0, 0.1) is 5.92 Å². The van der Waals surface area contributed by atoms with Crippen LogP contribution in [-0.4, -0.2) is 25.3 Å². The Balaban J connectivity index is 2.30. The Hall–Kier alpha value is -1.71. The maximum absolute atomic E-state index is 11.0. The van der Waals surface area contributed by atoms with Crippen molar-refractivity contribution in [2.45, 2.75) is 31.6 Å². The Morgan fingerprint density at radius 3 is 2.74 bits per heavy atom. The van der Waals surface area contributed by atoms with Gasteiger partial charge in [0.1, 0.15) is 11.5 Å². The Morgan fingerprint density at radius 2 is 2.11 bits per heavy atom. The van der Waals surface area contributed by atoms with Gasteiger partial charge in [-0.25, -0.2) is 0 Å². The summed E-state index contributed by atoms with van der Waals surface area (Å²) in [7, 11) is 3.28. The fourth-order valence-corrected chi connectivity index (χ4v) is 3.04. The third-order valence-corrected chi connectivity index (χ3v) is 3.93. The first kappa shape index (κ1) is 13.7. The molecule has 0 spiro atoms. The summed E-state index contributed by atoms with van der Waals surface area (Å²) in [6.45, 7) is 0. The molecule has 0 bridgehead atoms. The average Bonchev–Trinajstić information content (AvgIpc) is 2.85. The molecule has 2 rings (SSSR count). The zero-order valence-electron chi connectivity index (χ0n) is 11.4. The molecule has 0 heterocycles. The van der Waals surface area contributed by atoms with Crippen LogP contribution in [0.15, 0.2) is 18.2 Å². The van der Waals surface area contributed by atoms with E-state index in [0.717, 1.165) is 36.3 Å². The highest BCUT2D eigenvalue weighted by atomic mass is 16.5. The van der Waals surface area contributed by atoms with E-state index in [1.807, 2.05) is 18.2 Å². The average molecular weight is 264 g/mol. The van der Waals surface area contributed by atoms with E-state index in [4.69, 9.17) is 14.6 Å². The predicted octanol–water partition coefficient (Wildman–Crippen LogP) is 3.06. The van der Waals surface area contributed by atoms with Gasteiger partial charge in [0.05, 0.1) is 14.2 Å². The first-order valence-corrected chi connectivity index (χ1v) is 6.59. The molecule has 1 aromatic carbocycles. The van der Waals surface area contributed by atoms with Crippen LogP contribution in [0.5, 0.6) is 11.5 Å². The summed E-state index contributed by atoms with van der Waals surface area (Å²) in [5, 5.41) is 9.01. The van der Waals surface area contributed by atoms with E-state index in [1.54, 1.807) is 14.2 Å². The van der Waals surface area contributed by atoms with E-state index < -0.39 is 5.97 Å². The molecule has 0 aliphatic heterocycles. The lowest BCUT2D eigenvalue weighted by Gasteiger charge is -2.21. The van der Waals surface area contributed by atoms with Crippen molar-refractivity contribution in [3.8, 4) is 11.5 Å². The number of carbonyl (C=O) groups is 1. The van der Waals surface area contributed by atoms with Crippen LogP contribution in [0.1, 0.15) is 37.2 Å². The maximum Gasteiger partial charge on any atom is 0.303 e. The lowest BCUT2D eigenvalue weighted by Crippen LogP contribution is -2.12. The maximum atomic E-state index is 11.0. The van der Waals surface area contributed by atoms with Gasteiger partial charge in [-0.15, -0.1) is 0 Å². The van der Waals surface area contributed by atoms with E-state index in [1.165, 1.54) is 0 Å². The molecule has 0 radical (unpaired) electrons. The number of rotatable bonds is 5. The molecule has 104 valence electrons. The number of hydrogen-bond acceptors (Lipinski definition) is 3. The van der Waals surface area contributed by atoms with Gasteiger partial charge in [-0.3, -0.25) is 4.79 Å². The molecule has 2 unspecified atom stereocenters. The molecule has 1 aliphatic rings. The summed E-state index contributed by atoms with van der Waals surface area (Å²) in [5.41, 5.74) is 1.07. The zero-order valence-corrected chi connectivity index (χ0v) is 11.4. The van der Waals surface area contributed by atoms with Crippen LogP contribution in [0.2, 0.25) is 0 Å². The summed E-state index contributed by atoms with van der Waals surface area (Å²) < 4.78 is 10.7. The number of methoxy groups -OCH3 is 2. The van der Waals surface area contributed by atoms with Gasteiger partial charge in [0.25, 0.3) is 0 Å². The first-order chi connectivity index (χ1) is 9.15. The Kier molecular flexibility index (Phi) is 4.30. The molecule has 1 fully saturated rings. The van der Waals surface area contributed by atoms with Crippen molar-refractivity contribution in [2.24, 2.45) is 5.92 Å². The molecule has 1 N–H and O–H groups in total. The fraction of sp³-hybridized carbons (Fsp3) is 0.533. The zero-order chi connectivity index (χ0) is 13.8. The summed E-state index contributed by atoms with van der Waals surface area (Å²) in [6.07, 6.45) is 3.28. The summed E-state index contributed by atoms with van der Waals surface area (Å²) in [5.74, 6) is 1.33. The van der Waals surface area contributed by atoms with Crippen molar-refractivity contribution in [1.29, 1.82) is 0 Å². The van der Waals surface area contributed by atoms with Gasteiger partial charge in [-0.05, 0) is 42.9 Å². The SMILES string of the molecule is COc1ccc(OC)c(C2CCCC2CC(=O)O)c1. The molecule has 1 aromatic rings. The van der Waals surface area contributed by atoms with Crippen LogP contribution in [-0.2, 0) is 4.79 Å². The predicted molar refractivity (Wildman–Crippen MR) is 71.9 cm³/mol. The van der Waals surface area contributed by atoms with Crippen molar-refractivity contribution >= 4 is 5.97 Å². The van der Waals surface area contributed by atoms with Crippen LogP contribution in [0.25, 0.3) is 0 Å². The van der Waals surface area contributed by atoms with Crippen molar-refractivity contribution in [3.63, 3.8) is 0 Å². The quantitative estimate of drug-likeness (QED) is 0.888. The molecule has 2 atom stereocenters. The van der Waals surface area contributed by atoms with E-state index in [0.29, 0.717) is 0 Å². The molecular weight excluding hydrogens is 244 g/mol. The minimum atomic E-state index is -0.723. The Bertz CT molecular complexity index is 455. The van der Waals surface area contributed by atoms with Gasteiger partial charge in [0.15, 0.2) is 0 Å². The van der Waals surface area contributed by atoms with Gasteiger partial charge < -0.3 is 14.6 Å². The number of benzene rings is 1. The van der Waals surface area contributed by atoms with Crippen LogP contribution in [0.3, 0.4) is 0 Å². The molecule has 19 heavy (non-hydrogen) atoms. The standard InChI is InChI=1S/C15H20O4/c1-18-11-6-7-14(19-2)13(9-11)12-5-3-4-10(12)8-15(16)17/h6-7,9-10,12H,3-5,8H2,1-2H3,(H,16,17). The largest absolute Gasteiger partial charge is 0.497 e. The fourth-order valence-electron chi connectivity index (χ4n) is 3.04. The third kappa shape index (κ3) is 3.00. The van der Waals surface area contributed by atoms with E-state index >= 15 is 0 Å². The van der Waals surface area contributed by atoms with Gasteiger partial charge in [-0.1, -0.05) is 6.42 Å². The second-order valence-electron chi connectivity index (χ2n) is 5.00. The lowest BCUT2D eigenvalue weighted by molar-refractivity contribution is -0.138. The molecule has 0 saturated heterocycles. The van der Waals surface area contributed by atoms with Gasteiger partial charge in [0.2, 0.25) is 0 Å². The molecular formula is C15H20O4. The second-order valence-corrected chi connectivity index (χ2v) is 5.00. The number of carboxylic acids is 1. The normalized spacial score (nSPS) is 22.2. The smallest absolute Gasteiger partial charge is 0.303 e. The molecule has 4 heteroatoms. The van der Waals surface area contributed by atoms with Crippen LogP contribution in [0.4, 0.5) is 0 Å². The summed E-state index contributed by atoms with van der Waals surface area (Å²) in [4.78, 5) is 11.0. The van der Waals surface area contributed by atoms with Gasteiger partial charge >= 0.3 is 5.97 Å². The van der Waals surface area contributed by atoms with E-state index in [9.17, 15) is 4.79 Å². The van der Waals surface area contributed by atoms with Gasteiger partial charge in [0, 0.05) is 12.0 Å². The number of hydrogen-bond donors (Lipinski definition) is 1. The summed E-state index contributed by atoms with van der Waals surface area (Å²) >= 11 is 0. The lowest BCUT2D eigenvalue weighted by atomic mass is 9.86. The van der Waals surface area contributed by atoms with Crippen molar-refractivity contribution < 1.29 is 19.4 Å². The highest BCUT2D eigenvalue weighted by Gasteiger charge is 2.32. The van der Waals surface area contributed by atoms with Gasteiger partial charge in [-0.2, -0.15) is 0 Å². The second kappa shape index (κ2) is 5.95. The van der Waals surface area contributed by atoms with E-state index in [-0.39, 0.29) is 18.3 Å². The van der Waals surface area contributed by atoms with Crippen molar-refractivity contribution in [3.05, 3.63) is 23.8 Å². The van der Waals surface area contributed by atoms with E-state index in [2.05, 4.69) is 0 Å². The van der Waals surface area contributed by atoms with Crippen molar-refractivity contribution in [2.75, 3.05) is 14.2 Å². The number of carboxylic acid groups (broad SMARTS) is 1. The number of aliphatic carboxylic acids is 1. The van der Waals surface area contributed by atoms with Crippen LogP contribution < -0.4 is 9.47 Å². The van der Waals surface area contributed by atoms with Crippen molar-refractivity contribution in [1.82, 2.24) is 0 Å². The molecule has 0 amide bonds. The topological polar surface area (TPSA) is 55.8 Å². The van der Waals surface area contributed by atoms with Crippen LogP contribution >= 0.6 is 0 Å². The minimum absolute atomic E-state index is 0.193. The third-order valence-electron chi connectivity index (χ3n) is 3.93. The number of ether oxygens (including phenoxy) is 2. The molecule has 1 aliphatic carbocycles. The minimum Gasteiger partial charge on any atom is -0.497 e. The molecule has 1 saturated carbocycles. The molecule has 0 aromatic heterocycles. The molecule has 4 nitrogen and oxygen atoms in total. The summed E-state index contributed by atoms with van der Waals surface area (Å²) in [6, 6.07) is 5.73. The highest BCUT2D eigenvalue weighted by Crippen LogP contribution is 2.45. The first-order valence-electron chi connectivity index (χ1n) is 6.59. The Labute approximate surface area is 113 Å².